The summed E-state index contributed by atoms with van der Waals surface area (Å²) in [5.74, 6) is -3.13. The smallest absolute Gasteiger partial charge is 0.373 e. The number of hydrogen-bond donors (Lipinski definition) is 0. The topological polar surface area (TPSA) is 105 Å². The quantitative estimate of drug-likeness (QED) is 0.323. The van der Waals surface area contributed by atoms with Gasteiger partial charge in [-0.15, -0.1) is 0 Å². The van der Waals surface area contributed by atoms with Crippen molar-refractivity contribution in [3.8, 4) is 0 Å². The maximum Gasteiger partial charge on any atom is 0.373 e. The first-order valence-electron chi connectivity index (χ1n) is 15.1. The maximum atomic E-state index is 13.9. The van der Waals surface area contributed by atoms with Gasteiger partial charge < -0.3 is 18.9 Å². The molecule has 0 fully saturated rings. The lowest BCUT2D eigenvalue weighted by Gasteiger charge is -2.35. The van der Waals surface area contributed by atoms with Crippen molar-refractivity contribution >= 4 is 23.3 Å². The summed E-state index contributed by atoms with van der Waals surface area (Å²) in [6, 6.07) is 0. The van der Waals surface area contributed by atoms with Gasteiger partial charge in [-0.2, -0.15) is 0 Å². The van der Waals surface area contributed by atoms with Crippen LogP contribution in [-0.2, 0) is 38.1 Å². The van der Waals surface area contributed by atoms with E-state index >= 15 is 0 Å². The number of carbonyl (C=O) groups is 4. The summed E-state index contributed by atoms with van der Waals surface area (Å²) in [6.45, 7) is 16.6. The lowest BCUT2D eigenvalue weighted by Crippen LogP contribution is -2.43. The summed E-state index contributed by atoms with van der Waals surface area (Å²) in [6.07, 6.45) is 8.59. The van der Waals surface area contributed by atoms with E-state index in [2.05, 4.69) is 0 Å². The van der Waals surface area contributed by atoms with Gasteiger partial charge in [0.1, 0.15) is 35.6 Å². The van der Waals surface area contributed by atoms with E-state index in [1.165, 1.54) is 26.4 Å². The summed E-state index contributed by atoms with van der Waals surface area (Å²) in [4.78, 5) is 53.0. The zero-order valence-electron chi connectivity index (χ0n) is 27.6. The number of cyclic esters (lactones) is 1. The van der Waals surface area contributed by atoms with Crippen LogP contribution in [0.5, 0.6) is 0 Å². The zero-order chi connectivity index (χ0) is 32.6. The Balaban J connectivity index is 2.53. The van der Waals surface area contributed by atoms with Crippen LogP contribution in [0.2, 0.25) is 0 Å². The number of ether oxygens (including phenoxy) is 4. The molecule has 8 heteroatoms. The summed E-state index contributed by atoms with van der Waals surface area (Å²) in [5, 5.41) is 0. The molecule has 0 spiro atoms. The Bertz CT molecular complexity index is 1200. The molecule has 0 aliphatic carbocycles. The molecule has 0 N–H and O–H groups in total. The average molecular weight is 599 g/mol. The fraction of sp³-hybridized carbons (Fsp3) is 0.600. The number of Topliss-reactive ketones (excluding diaryl/α,β-unsaturated/α-hetero) is 2. The summed E-state index contributed by atoms with van der Waals surface area (Å²) in [7, 11) is 2.84. The highest BCUT2D eigenvalue weighted by molar-refractivity contribution is 5.95. The highest BCUT2D eigenvalue weighted by Gasteiger charge is 2.40. The number of ketones is 3. The Kier molecular flexibility index (Phi) is 13.4. The molecule has 238 valence electrons. The van der Waals surface area contributed by atoms with Gasteiger partial charge in [-0.1, -0.05) is 77.0 Å². The number of hydrogen-bond acceptors (Lipinski definition) is 8. The van der Waals surface area contributed by atoms with Gasteiger partial charge >= 0.3 is 5.97 Å². The standard InChI is InChI=1S/C35H50O8/c1-19(2)33-24(7)27(36)18-29(42-33)25(8)32(38)26(9)34-28(40-10)14-12-13-20(3)15-22(5)31(37)23(6)16-21(4)17-30(41-11)35(39)43-34/h12-14,16-19,22-26,28,33-34H,15H2,1-11H3/b14-12-,20-13+,21-16+,30-17+. The minimum absolute atomic E-state index is 0.0708. The van der Waals surface area contributed by atoms with E-state index in [1.54, 1.807) is 39.0 Å². The minimum atomic E-state index is -1.02. The van der Waals surface area contributed by atoms with E-state index in [-0.39, 0.29) is 52.9 Å². The first-order chi connectivity index (χ1) is 20.1. The van der Waals surface area contributed by atoms with Gasteiger partial charge in [0.05, 0.1) is 24.9 Å². The zero-order valence-corrected chi connectivity index (χ0v) is 27.6. The molecule has 0 aromatic carbocycles. The van der Waals surface area contributed by atoms with Crippen LogP contribution < -0.4 is 0 Å². The van der Waals surface area contributed by atoms with Crippen molar-refractivity contribution < 1.29 is 38.1 Å². The van der Waals surface area contributed by atoms with E-state index < -0.39 is 30.0 Å². The second kappa shape index (κ2) is 16.0. The van der Waals surface area contributed by atoms with Gasteiger partial charge in [0, 0.05) is 25.0 Å². The highest BCUT2D eigenvalue weighted by Crippen LogP contribution is 2.32. The van der Waals surface area contributed by atoms with Gasteiger partial charge in [0.15, 0.2) is 5.78 Å². The van der Waals surface area contributed by atoms with Crippen molar-refractivity contribution in [2.45, 2.75) is 87.0 Å². The monoisotopic (exact) mass is 598 g/mol. The van der Waals surface area contributed by atoms with Crippen molar-refractivity contribution in [2.24, 2.45) is 35.5 Å². The molecule has 0 aromatic heterocycles. The molecule has 0 saturated carbocycles. The molecule has 8 atom stereocenters. The molecule has 8 nitrogen and oxygen atoms in total. The van der Waals surface area contributed by atoms with Gasteiger partial charge in [-0.3, -0.25) is 14.4 Å². The number of allylic oxidation sites excluding steroid dienone is 8. The molecule has 0 bridgehead atoms. The van der Waals surface area contributed by atoms with Crippen molar-refractivity contribution in [1.29, 1.82) is 0 Å². The van der Waals surface area contributed by atoms with E-state index in [1.807, 2.05) is 47.6 Å². The predicted molar refractivity (Wildman–Crippen MR) is 166 cm³/mol. The van der Waals surface area contributed by atoms with E-state index in [0.29, 0.717) is 17.8 Å². The fourth-order valence-electron chi connectivity index (χ4n) is 5.68. The van der Waals surface area contributed by atoms with Crippen LogP contribution in [0.4, 0.5) is 0 Å². The second-order valence-corrected chi connectivity index (χ2v) is 12.4. The Morgan fingerprint density at radius 3 is 2.19 bits per heavy atom. The molecule has 0 amide bonds. The van der Waals surface area contributed by atoms with Crippen LogP contribution in [0.15, 0.2) is 59.1 Å². The lowest BCUT2D eigenvalue weighted by atomic mass is 9.84. The van der Waals surface area contributed by atoms with Crippen LogP contribution >= 0.6 is 0 Å². The molecule has 2 aliphatic heterocycles. The van der Waals surface area contributed by atoms with Gasteiger partial charge in [-0.05, 0) is 39.2 Å². The summed E-state index contributed by atoms with van der Waals surface area (Å²) >= 11 is 0. The average Bonchev–Trinajstić information content (AvgIpc) is 2.95. The van der Waals surface area contributed by atoms with Gasteiger partial charge in [0.25, 0.3) is 0 Å². The largest absolute Gasteiger partial charge is 0.493 e. The number of carbonyl (C=O) groups excluding carboxylic acids is 4. The van der Waals surface area contributed by atoms with E-state index in [9.17, 15) is 19.2 Å². The highest BCUT2D eigenvalue weighted by atomic mass is 16.6. The van der Waals surface area contributed by atoms with E-state index in [0.717, 1.165) is 5.57 Å². The molecular formula is C35H50O8. The predicted octanol–water partition coefficient (Wildman–Crippen LogP) is 6.12. The first kappa shape index (κ1) is 35.9. The Morgan fingerprint density at radius 2 is 1.60 bits per heavy atom. The number of rotatable bonds is 7. The fourth-order valence-corrected chi connectivity index (χ4v) is 5.68. The Labute approximate surface area is 257 Å². The van der Waals surface area contributed by atoms with Crippen molar-refractivity contribution in [1.82, 2.24) is 0 Å². The molecule has 0 saturated heterocycles. The van der Waals surface area contributed by atoms with Crippen LogP contribution in [0, 0.1) is 35.5 Å². The number of esters is 1. The van der Waals surface area contributed by atoms with Crippen LogP contribution in [0.3, 0.4) is 0 Å². The van der Waals surface area contributed by atoms with E-state index in [4.69, 9.17) is 18.9 Å². The minimum Gasteiger partial charge on any atom is -0.493 e. The molecule has 2 rings (SSSR count). The third kappa shape index (κ3) is 9.36. The van der Waals surface area contributed by atoms with Crippen LogP contribution in [0.1, 0.15) is 68.7 Å². The normalized spacial score (nSPS) is 33.8. The van der Waals surface area contributed by atoms with Crippen molar-refractivity contribution in [3.05, 3.63) is 59.1 Å². The molecule has 0 aromatic rings. The molecule has 8 unspecified atom stereocenters. The first-order valence-corrected chi connectivity index (χ1v) is 15.1. The van der Waals surface area contributed by atoms with Crippen molar-refractivity contribution in [3.63, 3.8) is 0 Å². The molecular weight excluding hydrogens is 548 g/mol. The third-order valence-electron chi connectivity index (χ3n) is 8.33. The van der Waals surface area contributed by atoms with Crippen LogP contribution in [0.25, 0.3) is 0 Å². The van der Waals surface area contributed by atoms with Gasteiger partial charge in [0.2, 0.25) is 5.76 Å². The third-order valence-corrected chi connectivity index (χ3v) is 8.33. The van der Waals surface area contributed by atoms with Crippen LogP contribution in [-0.4, -0.2) is 55.9 Å². The molecule has 0 radical (unpaired) electrons. The second-order valence-electron chi connectivity index (χ2n) is 12.4. The molecule has 2 aliphatic rings. The maximum absolute atomic E-state index is 13.9. The Hall–Kier alpha value is -3.26. The molecule has 43 heavy (non-hydrogen) atoms. The summed E-state index contributed by atoms with van der Waals surface area (Å²) < 4.78 is 23.2. The van der Waals surface area contributed by atoms with Crippen molar-refractivity contribution in [2.75, 3.05) is 14.2 Å². The summed E-state index contributed by atoms with van der Waals surface area (Å²) in [5.41, 5.74) is 1.67. The SMILES string of the molecule is CO/C1=C/C(C)=C/C(C)C(=O)C(C)C/C(C)=C/C=C\C(OC)C(C(C)C(=O)C(C)C2=CC(=O)C(C)C(C(C)C)O2)OC1=O. The Morgan fingerprint density at radius 1 is 0.953 bits per heavy atom. The number of methoxy groups -OCH3 is 2. The molecule has 2 heterocycles. The van der Waals surface area contributed by atoms with Gasteiger partial charge in [-0.25, -0.2) is 4.79 Å². The lowest BCUT2D eigenvalue weighted by molar-refractivity contribution is -0.159.